The molecule has 3 rings (SSSR count). The zero-order valence-electron chi connectivity index (χ0n) is 13.6. The maximum atomic E-state index is 12.6. The van der Waals surface area contributed by atoms with Gasteiger partial charge in [0.1, 0.15) is 12.3 Å². The predicted octanol–water partition coefficient (Wildman–Crippen LogP) is 2.65. The minimum absolute atomic E-state index is 0.301. The van der Waals surface area contributed by atoms with Gasteiger partial charge in [0.05, 0.1) is 17.0 Å². The molecular weight excluding hydrogens is 346 g/mol. The molecule has 1 aromatic carbocycles. The van der Waals surface area contributed by atoms with Gasteiger partial charge in [-0.25, -0.2) is 4.79 Å². The summed E-state index contributed by atoms with van der Waals surface area (Å²) >= 11 is 6.07. The molecule has 1 fully saturated rings. The molecule has 0 aliphatic carbocycles. The quantitative estimate of drug-likeness (QED) is 0.819. The highest BCUT2D eigenvalue weighted by atomic mass is 35.5. The van der Waals surface area contributed by atoms with E-state index in [2.05, 4.69) is 10.6 Å². The second kappa shape index (κ2) is 6.25. The summed E-state index contributed by atoms with van der Waals surface area (Å²) in [5.41, 5.74) is 0.0342. The van der Waals surface area contributed by atoms with Crippen LogP contribution < -0.4 is 10.6 Å². The van der Waals surface area contributed by atoms with Gasteiger partial charge in [-0.3, -0.25) is 14.5 Å². The third kappa shape index (κ3) is 3.10. The number of benzene rings is 1. The molecule has 0 radical (unpaired) electrons. The number of amides is 4. The third-order valence-electron chi connectivity index (χ3n) is 3.99. The maximum Gasteiger partial charge on any atom is 0.325 e. The topological polar surface area (TPSA) is 91.7 Å². The number of hydrogen-bond donors (Lipinski definition) is 2. The van der Waals surface area contributed by atoms with Crippen LogP contribution in [0.3, 0.4) is 0 Å². The van der Waals surface area contributed by atoms with Crippen LogP contribution in [-0.4, -0.2) is 29.3 Å². The molecule has 0 spiro atoms. The van der Waals surface area contributed by atoms with Gasteiger partial charge < -0.3 is 15.1 Å². The largest absolute Gasteiger partial charge is 0.466 e. The average molecular weight is 362 g/mol. The Morgan fingerprint density at radius 2 is 2.12 bits per heavy atom. The number of hydrogen-bond acceptors (Lipinski definition) is 4. The predicted molar refractivity (Wildman–Crippen MR) is 91.1 cm³/mol. The highest BCUT2D eigenvalue weighted by molar-refractivity contribution is 6.33. The Kier molecular flexibility index (Phi) is 4.26. The van der Waals surface area contributed by atoms with Crippen molar-refractivity contribution in [3.63, 3.8) is 0 Å². The van der Waals surface area contributed by atoms with E-state index in [1.54, 1.807) is 30.3 Å². The van der Waals surface area contributed by atoms with Crippen molar-refractivity contribution in [2.75, 3.05) is 11.9 Å². The van der Waals surface area contributed by atoms with E-state index < -0.39 is 29.9 Å². The Morgan fingerprint density at radius 1 is 1.36 bits per heavy atom. The lowest BCUT2D eigenvalue weighted by molar-refractivity contribution is -0.134. The molecule has 4 amide bonds. The van der Waals surface area contributed by atoms with Crippen LogP contribution in [0.25, 0.3) is 0 Å². The summed E-state index contributed by atoms with van der Waals surface area (Å²) < 4.78 is 5.23. The van der Waals surface area contributed by atoms with Crippen molar-refractivity contribution in [2.45, 2.75) is 19.4 Å². The lowest BCUT2D eigenvalue weighted by atomic mass is 9.99. The summed E-state index contributed by atoms with van der Waals surface area (Å²) in [4.78, 5) is 37.8. The van der Waals surface area contributed by atoms with Crippen molar-refractivity contribution in [3.8, 4) is 0 Å². The summed E-state index contributed by atoms with van der Waals surface area (Å²) in [5.74, 6) is -0.786. The number of carbonyl (C=O) groups excluding carboxylic acids is 3. The Labute approximate surface area is 148 Å². The molecule has 2 aromatic rings. The molecule has 2 heterocycles. The number of anilines is 1. The van der Waals surface area contributed by atoms with E-state index in [4.69, 9.17) is 16.0 Å². The highest BCUT2D eigenvalue weighted by Gasteiger charge is 2.51. The zero-order valence-corrected chi connectivity index (χ0v) is 14.4. The molecule has 130 valence electrons. The van der Waals surface area contributed by atoms with Crippen molar-refractivity contribution in [1.82, 2.24) is 10.2 Å². The fourth-order valence-electron chi connectivity index (χ4n) is 2.63. The molecule has 2 N–H and O–H groups in total. The van der Waals surface area contributed by atoms with Gasteiger partial charge in [-0.2, -0.15) is 0 Å². The number of furan rings is 1. The second-order valence-electron chi connectivity index (χ2n) is 5.96. The van der Waals surface area contributed by atoms with Crippen molar-refractivity contribution in [1.29, 1.82) is 0 Å². The molecule has 0 bridgehead atoms. The van der Waals surface area contributed by atoms with Gasteiger partial charge in [0, 0.05) is 0 Å². The van der Waals surface area contributed by atoms with Crippen LogP contribution in [0.15, 0.2) is 41.0 Å². The molecule has 1 aliphatic heterocycles. The average Bonchev–Trinajstić information content (AvgIpc) is 3.15. The van der Waals surface area contributed by atoms with Gasteiger partial charge in [-0.15, -0.1) is 0 Å². The van der Waals surface area contributed by atoms with E-state index in [-0.39, 0.29) is 0 Å². The highest BCUT2D eigenvalue weighted by Crippen LogP contribution is 2.29. The minimum Gasteiger partial charge on any atom is -0.466 e. The van der Waals surface area contributed by atoms with E-state index in [0.717, 1.165) is 10.5 Å². The summed E-state index contributed by atoms with van der Waals surface area (Å²) in [6.45, 7) is 2.98. The number of nitrogens with one attached hydrogen (secondary N) is 2. The molecule has 1 saturated heterocycles. The molecule has 8 heteroatoms. The number of rotatable bonds is 4. The Balaban J connectivity index is 1.73. The number of imide groups is 1. The van der Waals surface area contributed by atoms with Crippen molar-refractivity contribution in [3.05, 3.63) is 52.9 Å². The molecule has 1 aromatic heterocycles. The number of urea groups is 1. The molecular formula is C17H16ClN3O4. The van der Waals surface area contributed by atoms with E-state index in [1.807, 2.05) is 6.92 Å². The van der Waals surface area contributed by atoms with Gasteiger partial charge in [-0.1, -0.05) is 17.7 Å². The van der Waals surface area contributed by atoms with Crippen LogP contribution in [0.4, 0.5) is 10.5 Å². The Bertz CT molecular complexity index is 850. The van der Waals surface area contributed by atoms with Crippen LogP contribution in [0.2, 0.25) is 5.02 Å². The van der Waals surface area contributed by atoms with Crippen molar-refractivity contribution >= 4 is 35.1 Å². The lowest BCUT2D eigenvalue weighted by Crippen LogP contribution is -2.41. The first-order valence-corrected chi connectivity index (χ1v) is 7.93. The minimum atomic E-state index is -1.33. The fourth-order valence-corrected chi connectivity index (χ4v) is 2.91. The van der Waals surface area contributed by atoms with E-state index >= 15 is 0 Å². The first kappa shape index (κ1) is 17.0. The number of aryl methyl sites for hydroxylation is 1. The van der Waals surface area contributed by atoms with Crippen LogP contribution in [-0.2, 0) is 15.1 Å². The van der Waals surface area contributed by atoms with E-state index in [0.29, 0.717) is 16.5 Å². The molecule has 1 unspecified atom stereocenters. The first-order chi connectivity index (χ1) is 11.8. The molecule has 1 atom stereocenters. The van der Waals surface area contributed by atoms with Crippen molar-refractivity contribution in [2.24, 2.45) is 0 Å². The van der Waals surface area contributed by atoms with Crippen LogP contribution in [0.1, 0.15) is 18.2 Å². The summed E-state index contributed by atoms with van der Waals surface area (Å²) in [7, 11) is 0. The van der Waals surface area contributed by atoms with Crippen LogP contribution >= 0.6 is 11.6 Å². The van der Waals surface area contributed by atoms with Gasteiger partial charge in [0.15, 0.2) is 5.54 Å². The normalized spacial score (nSPS) is 19.9. The fraction of sp³-hybridized carbons (Fsp3) is 0.235. The van der Waals surface area contributed by atoms with Gasteiger partial charge in [0.2, 0.25) is 5.91 Å². The lowest BCUT2D eigenvalue weighted by Gasteiger charge is -2.19. The third-order valence-corrected chi connectivity index (χ3v) is 4.30. The SMILES string of the molecule is Cc1ccc(NC(=O)CN2C(=O)NC(C)(c3ccco3)C2=O)c(Cl)c1. The number of carbonyl (C=O) groups is 3. The first-order valence-electron chi connectivity index (χ1n) is 7.55. The van der Waals surface area contributed by atoms with Gasteiger partial charge >= 0.3 is 6.03 Å². The summed E-state index contributed by atoms with van der Waals surface area (Å²) in [5, 5.41) is 5.54. The molecule has 25 heavy (non-hydrogen) atoms. The Hall–Kier alpha value is -2.80. The number of nitrogens with zero attached hydrogens (tertiary/aromatic N) is 1. The summed E-state index contributed by atoms with van der Waals surface area (Å²) in [6, 6.07) is 7.72. The van der Waals surface area contributed by atoms with E-state index in [9.17, 15) is 14.4 Å². The maximum absolute atomic E-state index is 12.6. The summed E-state index contributed by atoms with van der Waals surface area (Å²) in [6.07, 6.45) is 1.41. The van der Waals surface area contributed by atoms with Gasteiger partial charge in [0.25, 0.3) is 5.91 Å². The standard InChI is InChI=1S/C17H16ClN3O4/c1-10-5-6-12(11(18)8-10)19-14(22)9-21-15(23)17(2,20-16(21)24)13-4-3-7-25-13/h3-8H,9H2,1-2H3,(H,19,22)(H,20,24). The zero-order chi connectivity index (χ0) is 18.2. The second-order valence-corrected chi connectivity index (χ2v) is 6.36. The van der Waals surface area contributed by atoms with Crippen molar-refractivity contribution < 1.29 is 18.8 Å². The smallest absolute Gasteiger partial charge is 0.325 e. The van der Waals surface area contributed by atoms with Gasteiger partial charge in [-0.05, 0) is 43.7 Å². The monoisotopic (exact) mass is 361 g/mol. The molecule has 7 nitrogen and oxygen atoms in total. The van der Waals surface area contributed by atoms with Crippen LogP contribution in [0.5, 0.6) is 0 Å². The van der Waals surface area contributed by atoms with Crippen LogP contribution in [0, 0.1) is 6.92 Å². The molecule has 0 saturated carbocycles. The Morgan fingerprint density at radius 3 is 2.76 bits per heavy atom. The van der Waals surface area contributed by atoms with E-state index in [1.165, 1.54) is 13.2 Å². The molecule has 1 aliphatic rings. The number of halogens is 1.